The van der Waals surface area contributed by atoms with Crippen LogP contribution < -0.4 is 0 Å². The monoisotopic (exact) mass is 213 g/mol. The van der Waals surface area contributed by atoms with E-state index < -0.39 is 12.0 Å². The van der Waals surface area contributed by atoms with Crippen molar-refractivity contribution in [2.75, 3.05) is 0 Å². The summed E-state index contributed by atoms with van der Waals surface area (Å²) in [5.74, 6) is -0.873. The van der Waals surface area contributed by atoms with Crippen LogP contribution in [-0.4, -0.2) is 34.0 Å². The molecule has 1 saturated carbocycles. The molecule has 1 amide bonds. The zero-order valence-electron chi connectivity index (χ0n) is 9.56. The van der Waals surface area contributed by atoms with Gasteiger partial charge in [0.1, 0.15) is 6.04 Å². The van der Waals surface area contributed by atoms with Crippen molar-refractivity contribution < 1.29 is 14.7 Å². The minimum atomic E-state index is -0.872. The van der Waals surface area contributed by atoms with Crippen LogP contribution in [0.4, 0.5) is 0 Å². The number of carbonyl (C=O) groups is 2. The van der Waals surface area contributed by atoms with Crippen LogP contribution in [0, 0.1) is 5.92 Å². The minimum absolute atomic E-state index is 0.0517. The van der Waals surface area contributed by atoms with E-state index in [0.717, 1.165) is 19.3 Å². The predicted octanol–water partition coefficient (Wildman–Crippen LogP) is 1.50. The Bertz CT molecular complexity index is 259. The van der Waals surface area contributed by atoms with Crippen molar-refractivity contribution in [1.29, 1.82) is 0 Å². The van der Waals surface area contributed by atoms with Crippen molar-refractivity contribution in [2.45, 2.75) is 52.1 Å². The molecule has 0 bridgehead atoms. The molecule has 0 heterocycles. The maximum Gasteiger partial charge on any atom is 0.326 e. The Morgan fingerprint density at radius 2 is 1.87 bits per heavy atom. The van der Waals surface area contributed by atoms with Gasteiger partial charge in [-0.25, -0.2) is 4.79 Å². The lowest BCUT2D eigenvalue weighted by Gasteiger charge is -2.40. The first kappa shape index (κ1) is 12.0. The molecule has 0 aliphatic heterocycles. The largest absolute Gasteiger partial charge is 0.480 e. The number of hydrogen-bond acceptors (Lipinski definition) is 2. The summed E-state index contributed by atoms with van der Waals surface area (Å²) in [6.45, 7) is 5.15. The Balaban J connectivity index is 2.83. The third kappa shape index (κ3) is 2.49. The maximum atomic E-state index is 11.4. The molecule has 1 fully saturated rings. The van der Waals surface area contributed by atoms with E-state index in [2.05, 4.69) is 0 Å². The molecule has 0 aromatic heterocycles. The highest BCUT2D eigenvalue weighted by molar-refractivity contribution is 5.82. The summed E-state index contributed by atoms with van der Waals surface area (Å²) < 4.78 is 0. The van der Waals surface area contributed by atoms with Gasteiger partial charge in [0.2, 0.25) is 5.91 Å². The third-order valence-electron chi connectivity index (χ3n) is 3.07. The number of carboxylic acids is 1. The zero-order valence-corrected chi connectivity index (χ0v) is 9.56. The van der Waals surface area contributed by atoms with E-state index in [1.54, 1.807) is 0 Å². The van der Waals surface area contributed by atoms with Crippen LogP contribution in [0.2, 0.25) is 0 Å². The van der Waals surface area contributed by atoms with Gasteiger partial charge in [0.15, 0.2) is 0 Å². The average Bonchev–Trinajstić information content (AvgIpc) is 1.97. The number of nitrogens with zero attached hydrogens (tertiary/aromatic N) is 1. The maximum absolute atomic E-state index is 11.4. The number of carboxylic acid groups (broad SMARTS) is 1. The normalized spacial score (nSPS) is 18.4. The molecule has 15 heavy (non-hydrogen) atoms. The lowest BCUT2D eigenvalue weighted by Crippen LogP contribution is -2.53. The number of amides is 1. The van der Waals surface area contributed by atoms with Crippen molar-refractivity contribution in [2.24, 2.45) is 5.92 Å². The Morgan fingerprint density at radius 1 is 1.33 bits per heavy atom. The first-order valence-corrected chi connectivity index (χ1v) is 5.47. The van der Waals surface area contributed by atoms with Gasteiger partial charge in [-0.1, -0.05) is 6.42 Å². The van der Waals surface area contributed by atoms with Crippen molar-refractivity contribution in [1.82, 2.24) is 4.90 Å². The summed E-state index contributed by atoms with van der Waals surface area (Å²) in [4.78, 5) is 24.1. The molecular formula is C11H19NO3. The Labute approximate surface area is 90.3 Å². The van der Waals surface area contributed by atoms with Crippen LogP contribution in [-0.2, 0) is 9.59 Å². The smallest absolute Gasteiger partial charge is 0.326 e. The minimum Gasteiger partial charge on any atom is -0.480 e. The van der Waals surface area contributed by atoms with Gasteiger partial charge in [0.05, 0.1) is 0 Å². The molecule has 0 spiro atoms. The highest BCUT2D eigenvalue weighted by atomic mass is 16.4. The van der Waals surface area contributed by atoms with Gasteiger partial charge >= 0.3 is 5.97 Å². The van der Waals surface area contributed by atoms with Crippen LogP contribution in [0.5, 0.6) is 0 Å². The second-order valence-corrected chi connectivity index (χ2v) is 4.49. The zero-order chi connectivity index (χ0) is 11.6. The third-order valence-corrected chi connectivity index (χ3v) is 3.07. The molecule has 1 aliphatic carbocycles. The molecule has 0 saturated heterocycles. The summed E-state index contributed by atoms with van der Waals surface area (Å²) in [6.07, 6.45) is 2.93. The van der Waals surface area contributed by atoms with E-state index in [-0.39, 0.29) is 17.9 Å². The second-order valence-electron chi connectivity index (χ2n) is 4.49. The lowest BCUT2D eigenvalue weighted by molar-refractivity contribution is -0.155. The Morgan fingerprint density at radius 3 is 2.07 bits per heavy atom. The average molecular weight is 213 g/mol. The van der Waals surface area contributed by atoms with Crippen LogP contribution in [0.25, 0.3) is 0 Å². The van der Waals surface area contributed by atoms with Gasteiger partial charge in [-0.05, 0) is 32.6 Å². The van der Waals surface area contributed by atoms with E-state index in [9.17, 15) is 14.7 Å². The number of hydrogen-bond donors (Lipinski definition) is 1. The topological polar surface area (TPSA) is 57.6 Å². The number of carbonyl (C=O) groups excluding carboxylic acids is 1. The van der Waals surface area contributed by atoms with Crippen molar-refractivity contribution >= 4 is 11.9 Å². The molecule has 1 rings (SSSR count). The summed E-state index contributed by atoms with van der Waals surface area (Å²) >= 11 is 0. The quantitative estimate of drug-likeness (QED) is 0.769. The number of aliphatic carboxylic acids is 1. The van der Waals surface area contributed by atoms with E-state index in [1.165, 1.54) is 11.8 Å². The van der Waals surface area contributed by atoms with Crippen molar-refractivity contribution in [3.05, 3.63) is 0 Å². The molecule has 4 heteroatoms. The molecule has 86 valence electrons. The van der Waals surface area contributed by atoms with Crippen LogP contribution in [0.3, 0.4) is 0 Å². The fourth-order valence-electron chi connectivity index (χ4n) is 2.18. The summed E-state index contributed by atoms with van der Waals surface area (Å²) in [6, 6.07) is -0.680. The van der Waals surface area contributed by atoms with Crippen LogP contribution in [0.15, 0.2) is 0 Å². The summed E-state index contributed by atoms with van der Waals surface area (Å²) in [7, 11) is 0. The first-order valence-electron chi connectivity index (χ1n) is 5.47. The molecule has 1 aliphatic rings. The summed E-state index contributed by atoms with van der Waals surface area (Å²) in [5, 5.41) is 9.18. The molecule has 1 N–H and O–H groups in total. The lowest BCUT2D eigenvalue weighted by atomic mass is 9.78. The van der Waals surface area contributed by atoms with E-state index in [0.29, 0.717) is 0 Å². The molecule has 0 aromatic rings. The molecule has 0 aromatic carbocycles. The van der Waals surface area contributed by atoms with E-state index >= 15 is 0 Å². The molecule has 4 nitrogen and oxygen atoms in total. The highest BCUT2D eigenvalue weighted by Gasteiger charge is 2.39. The first-order chi connectivity index (χ1) is 6.95. The molecule has 1 unspecified atom stereocenters. The molecule has 1 atom stereocenters. The number of rotatable bonds is 4. The Hall–Kier alpha value is -1.06. The van der Waals surface area contributed by atoms with E-state index in [1.807, 2.05) is 13.8 Å². The fourth-order valence-corrected chi connectivity index (χ4v) is 2.18. The van der Waals surface area contributed by atoms with Gasteiger partial charge in [-0.2, -0.15) is 0 Å². The second kappa shape index (κ2) is 4.64. The van der Waals surface area contributed by atoms with Gasteiger partial charge < -0.3 is 10.0 Å². The standard InChI is InChI=1S/C11H19NO3/c1-7(2)12(8(3)13)10(11(14)15)9-5-4-6-9/h7,9-10H,4-6H2,1-3H3,(H,14,15). The van der Waals surface area contributed by atoms with Gasteiger partial charge in [-0.15, -0.1) is 0 Å². The predicted molar refractivity (Wildman–Crippen MR) is 56.4 cm³/mol. The van der Waals surface area contributed by atoms with Gasteiger partial charge in [0.25, 0.3) is 0 Å². The SMILES string of the molecule is CC(=O)N(C(C)C)C(C(=O)O)C1CCC1. The van der Waals surface area contributed by atoms with Gasteiger partial charge in [-0.3, -0.25) is 4.79 Å². The van der Waals surface area contributed by atoms with Crippen LogP contribution >= 0.6 is 0 Å². The molecular weight excluding hydrogens is 194 g/mol. The van der Waals surface area contributed by atoms with Gasteiger partial charge in [0, 0.05) is 13.0 Å². The molecule has 0 radical (unpaired) electrons. The fraction of sp³-hybridized carbons (Fsp3) is 0.818. The Kier molecular flexibility index (Phi) is 3.72. The van der Waals surface area contributed by atoms with Crippen molar-refractivity contribution in [3.63, 3.8) is 0 Å². The van der Waals surface area contributed by atoms with Crippen molar-refractivity contribution in [3.8, 4) is 0 Å². The van der Waals surface area contributed by atoms with E-state index in [4.69, 9.17) is 0 Å². The van der Waals surface area contributed by atoms with Crippen LogP contribution in [0.1, 0.15) is 40.0 Å². The summed E-state index contributed by atoms with van der Waals surface area (Å²) in [5.41, 5.74) is 0. The highest BCUT2D eigenvalue weighted by Crippen LogP contribution is 2.33.